The van der Waals surface area contributed by atoms with Gasteiger partial charge in [0, 0.05) is 26.3 Å². The van der Waals surface area contributed by atoms with Gasteiger partial charge in [0.25, 0.3) is 0 Å². The molecule has 98 valence electrons. The molecule has 2 saturated heterocycles. The number of hydrogen-bond acceptors (Lipinski definition) is 3. The summed E-state index contributed by atoms with van der Waals surface area (Å²) in [5.74, 6) is 0.0634. The summed E-state index contributed by atoms with van der Waals surface area (Å²) in [6.07, 6.45) is 3.80. The van der Waals surface area contributed by atoms with E-state index in [0.29, 0.717) is 38.5 Å². The van der Waals surface area contributed by atoms with Gasteiger partial charge in [-0.05, 0) is 38.1 Å². The molecule has 0 aromatic carbocycles. The molecule has 2 aliphatic heterocycles. The van der Waals surface area contributed by atoms with Crippen molar-refractivity contribution in [2.75, 3.05) is 32.8 Å². The molecule has 4 heteroatoms. The van der Waals surface area contributed by atoms with E-state index < -0.39 is 11.4 Å². The summed E-state index contributed by atoms with van der Waals surface area (Å²) in [6, 6.07) is 0. The molecule has 2 heterocycles. The Morgan fingerprint density at radius 2 is 2.18 bits per heavy atom. The lowest BCUT2D eigenvalue weighted by Crippen LogP contribution is -2.49. The van der Waals surface area contributed by atoms with E-state index in [1.807, 2.05) is 0 Å². The Hall–Kier alpha value is -0.610. The first-order valence-electron chi connectivity index (χ1n) is 6.66. The van der Waals surface area contributed by atoms with E-state index in [2.05, 4.69) is 11.8 Å². The molecular formula is C13H23NO3. The van der Waals surface area contributed by atoms with Crippen molar-refractivity contribution < 1.29 is 14.6 Å². The second-order valence-corrected chi connectivity index (χ2v) is 5.68. The van der Waals surface area contributed by atoms with E-state index in [4.69, 9.17) is 4.74 Å². The van der Waals surface area contributed by atoms with Gasteiger partial charge in [-0.1, -0.05) is 6.92 Å². The third-order valence-corrected chi connectivity index (χ3v) is 4.17. The zero-order valence-corrected chi connectivity index (χ0v) is 10.7. The van der Waals surface area contributed by atoms with Crippen LogP contribution in [0.4, 0.5) is 0 Å². The summed E-state index contributed by atoms with van der Waals surface area (Å²) in [5.41, 5.74) is -0.560. The predicted octanol–water partition coefficient (Wildman–Crippen LogP) is 1.60. The molecule has 2 aliphatic rings. The second kappa shape index (κ2) is 5.36. The van der Waals surface area contributed by atoms with Crippen molar-refractivity contribution in [3.05, 3.63) is 0 Å². The molecule has 17 heavy (non-hydrogen) atoms. The van der Waals surface area contributed by atoms with Gasteiger partial charge in [-0.3, -0.25) is 4.79 Å². The van der Waals surface area contributed by atoms with Crippen LogP contribution < -0.4 is 0 Å². The van der Waals surface area contributed by atoms with E-state index in [0.717, 1.165) is 13.1 Å². The third-order valence-electron chi connectivity index (χ3n) is 4.17. The lowest BCUT2D eigenvalue weighted by Gasteiger charge is -2.40. The predicted molar refractivity (Wildman–Crippen MR) is 65.0 cm³/mol. The molecule has 0 aliphatic carbocycles. The smallest absolute Gasteiger partial charge is 0.311 e. The molecule has 2 fully saturated rings. The van der Waals surface area contributed by atoms with Crippen LogP contribution in [0.1, 0.15) is 32.6 Å². The largest absolute Gasteiger partial charge is 0.481 e. The van der Waals surface area contributed by atoms with Crippen molar-refractivity contribution >= 4 is 5.97 Å². The van der Waals surface area contributed by atoms with Gasteiger partial charge in [0.15, 0.2) is 0 Å². The van der Waals surface area contributed by atoms with Crippen molar-refractivity contribution in [2.45, 2.75) is 32.6 Å². The number of likely N-dealkylation sites (tertiary alicyclic amines) is 1. The molecule has 0 bridgehead atoms. The fourth-order valence-electron chi connectivity index (χ4n) is 3.06. The van der Waals surface area contributed by atoms with Crippen molar-refractivity contribution in [3.8, 4) is 0 Å². The van der Waals surface area contributed by atoms with Crippen molar-refractivity contribution in [1.82, 2.24) is 4.90 Å². The Labute approximate surface area is 103 Å². The highest BCUT2D eigenvalue weighted by Crippen LogP contribution is 2.33. The quantitative estimate of drug-likeness (QED) is 0.815. The van der Waals surface area contributed by atoms with Crippen molar-refractivity contribution in [2.24, 2.45) is 11.3 Å². The summed E-state index contributed by atoms with van der Waals surface area (Å²) in [4.78, 5) is 13.9. The Kier molecular flexibility index (Phi) is 4.05. The maximum atomic E-state index is 11.5. The highest BCUT2D eigenvalue weighted by atomic mass is 16.5. The first-order chi connectivity index (χ1) is 8.12. The summed E-state index contributed by atoms with van der Waals surface area (Å²) in [6.45, 7) is 6.25. The molecule has 4 nitrogen and oxygen atoms in total. The number of nitrogens with zero attached hydrogens (tertiary/aromatic N) is 1. The Morgan fingerprint density at radius 3 is 2.76 bits per heavy atom. The molecule has 1 N–H and O–H groups in total. The van der Waals surface area contributed by atoms with Gasteiger partial charge in [-0.2, -0.15) is 0 Å². The number of carboxylic acid groups (broad SMARTS) is 1. The van der Waals surface area contributed by atoms with E-state index in [1.54, 1.807) is 0 Å². The van der Waals surface area contributed by atoms with Crippen LogP contribution in [0.2, 0.25) is 0 Å². The maximum absolute atomic E-state index is 11.5. The zero-order chi connectivity index (χ0) is 12.3. The molecule has 2 rings (SSSR count). The minimum Gasteiger partial charge on any atom is -0.481 e. The lowest BCUT2D eigenvalue weighted by molar-refractivity contribution is -0.157. The van der Waals surface area contributed by atoms with Crippen molar-refractivity contribution in [1.29, 1.82) is 0 Å². The summed E-state index contributed by atoms with van der Waals surface area (Å²) < 4.78 is 5.30. The van der Waals surface area contributed by atoms with Gasteiger partial charge in [-0.25, -0.2) is 0 Å². The molecule has 1 atom stereocenters. The first kappa shape index (κ1) is 12.8. The summed E-state index contributed by atoms with van der Waals surface area (Å²) in [5, 5.41) is 9.50. The Balaban J connectivity index is 1.99. The number of carbonyl (C=O) groups is 1. The number of hydrogen-bond donors (Lipinski definition) is 1. The molecular weight excluding hydrogens is 218 g/mol. The fourth-order valence-corrected chi connectivity index (χ4v) is 3.06. The molecule has 0 spiro atoms. The van der Waals surface area contributed by atoms with E-state index in [1.165, 1.54) is 12.8 Å². The number of carboxylic acids is 1. The van der Waals surface area contributed by atoms with Gasteiger partial charge in [0.05, 0.1) is 5.41 Å². The monoisotopic (exact) mass is 241 g/mol. The first-order valence-corrected chi connectivity index (χ1v) is 6.66. The lowest BCUT2D eigenvalue weighted by atomic mass is 9.79. The normalized spacial score (nSPS) is 30.1. The standard InChI is InChI=1S/C13H23NO3/c1-11-3-2-6-14(9-11)10-13(12(15)16)4-7-17-8-5-13/h11H,2-10H2,1H3,(H,15,16). The SMILES string of the molecule is CC1CCCN(CC2(C(=O)O)CCOCC2)C1. The van der Waals surface area contributed by atoms with Crippen LogP contribution in [0.5, 0.6) is 0 Å². The van der Waals surface area contributed by atoms with Crippen molar-refractivity contribution in [3.63, 3.8) is 0 Å². The van der Waals surface area contributed by atoms with E-state index in [-0.39, 0.29) is 0 Å². The van der Waals surface area contributed by atoms with E-state index >= 15 is 0 Å². The highest BCUT2D eigenvalue weighted by molar-refractivity contribution is 5.75. The molecule has 0 amide bonds. The van der Waals surface area contributed by atoms with Gasteiger partial charge in [0.2, 0.25) is 0 Å². The van der Waals surface area contributed by atoms with Gasteiger partial charge in [-0.15, -0.1) is 0 Å². The van der Waals surface area contributed by atoms with Gasteiger partial charge in [0.1, 0.15) is 0 Å². The van der Waals surface area contributed by atoms with Crippen LogP contribution in [0.25, 0.3) is 0 Å². The average molecular weight is 241 g/mol. The van der Waals surface area contributed by atoms with Crippen LogP contribution >= 0.6 is 0 Å². The molecule has 0 aromatic heterocycles. The number of rotatable bonds is 3. The van der Waals surface area contributed by atoms with E-state index in [9.17, 15) is 9.90 Å². The van der Waals surface area contributed by atoms with Crippen LogP contribution in [0.3, 0.4) is 0 Å². The Morgan fingerprint density at radius 1 is 1.47 bits per heavy atom. The number of piperidine rings is 1. The Bertz CT molecular complexity index is 274. The third kappa shape index (κ3) is 2.99. The van der Waals surface area contributed by atoms with Gasteiger partial charge >= 0.3 is 5.97 Å². The summed E-state index contributed by atoms with van der Waals surface area (Å²) >= 11 is 0. The number of ether oxygens (including phenoxy) is 1. The topological polar surface area (TPSA) is 49.8 Å². The number of aliphatic carboxylic acids is 1. The maximum Gasteiger partial charge on any atom is 0.311 e. The van der Waals surface area contributed by atoms with Crippen LogP contribution in [0.15, 0.2) is 0 Å². The summed E-state index contributed by atoms with van der Waals surface area (Å²) in [7, 11) is 0. The van der Waals surface area contributed by atoms with Gasteiger partial charge < -0.3 is 14.7 Å². The minimum absolute atomic E-state index is 0.560. The molecule has 0 saturated carbocycles. The fraction of sp³-hybridized carbons (Fsp3) is 0.923. The molecule has 1 unspecified atom stereocenters. The molecule has 0 aromatic rings. The van der Waals surface area contributed by atoms with Crippen LogP contribution in [0, 0.1) is 11.3 Å². The molecule has 0 radical (unpaired) electrons. The second-order valence-electron chi connectivity index (χ2n) is 5.68. The van der Waals surface area contributed by atoms with Crippen LogP contribution in [-0.2, 0) is 9.53 Å². The zero-order valence-electron chi connectivity index (χ0n) is 10.7. The average Bonchev–Trinajstić information content (AvgIpc) is 2.30. The highest BCUT2D eigenvalue weighted by Gasteiger charge is 2.41. The van der Waals surface area contributed by atoms with Crippen LogP contribution in [-0.4, -0.2) is 48.8 Å². The minimum atomic E-state index is -0.640.